The van der Waals surface area contributed by atoms with Crippen LogP contribution < -0.4 is 0 Å². The summed E-state index contributed by atoms with van der Waals surface area (Å²) in [5, 5.41) is 0. The number of ether oxygens (including phenoxy) is 1. The molecule has 0 aliphatic heterocycles. The highest BCUT2D eigenvalue weighted by atomic mass is 19.4. The number of Topliss-reactive ketones (excluding diaryl/α,β-unsaturated/α-hetero) is 2. The van der Waals surface area contributed by atoms with Crippen molar-refractivity contribution in [3.8, 4) is 0 Å². The van der Waals surface area contributed by atoms with Crippen molar-refractivity contribution in [2.45, 2.75) is 32.4 Å². The summed E-state index contributed by atoms with van der Waals surface area (Å²) in [6.45, 7) is 1.66. The van der Waals surface area contributed by atoms with E-state index in [9.17, 15) is 31.9 Å². The third-order valence-corrected chi connectivity index (χ3v) is 3.88. The fourth-order valence-electron chi connectivity index (χ4n) is 2.69. The monoisotopic (exact) mass is 372 g/mol. The SMILES string of the molecule is CCOC(=O)C1CC(=O)C(C(=O)c2ccc(CC(F)(F)F)cc2)=C(F)C1. The Kier molecular flexibility index (Phi) is 5.94. The van der Waals surface area contributed by atoms with E-state index in [4.69, 9.17) is 4.74 Å². The molecule has 8 heteroatoms. The fourth-order valence-corrected chi connectivity index (χ4v) is 2.69. The molecule has 1 aliphatic rings. The molecule has 0 radical (unpaired) electrons. The van der Waals surface area contributed by atoms with E-state index in [1.165, 1.54) is 0 Å². The number of ketones is 2. The van der Waals surface area contributed by atoms with Crippen LogP contribution in [0.5, 0.6) is 0 Å². The van der Waals surface area contributed by atoms with Crippen LogP contribution in [0.4, 0.5) is 17.6 Å². The molecule has 140 valence electrons. The summed E-state index contributed by atoms with van der Waals surface area (Å²) in [5.74, 6) is -4.43. The quantitative estimate of drug-likeness (QED) is 0.342. The van der Waals surface area contributed by atoms with Gasteiger partial charge in [-0.3, -0.25) is 14.4 Å². The number of carbonyl (C=O) groups is 3. The minimum Gasteiger partial charge on any atom is -0.466 e. The molecule has 1 atom stereocenters. The highest BCUT2D eigenvalue weighted by molar-refractivity contribution is 6.27. The number of allylic oxidation sites excluding steroid dienone is 2. The molecule has 4 nitrogen and oxygen atoms in total. The molecule has 0 amide bonds. The number of benzene rings is 1. The second-order valence-electron chi connectivity index (χ2n) is 5.88. The number of rotatable bonds is 5. The summed E-state index contributed by atoms with van der Waals surface area (Å²) < 4.78 is 56.1. The van der Waals surface area contributed by atoms with Crippen molar-refractivity contribution in [3.63, 3.8) is 0 Å². The van der Waals surface area contributed by atoms with Crippen molar-refractivity contribution < 1.29 is 36.7 Å². The Hall–Kier alpha value is -2.51. The largest absolute Gasteiger partial charge is 0.466 e. The van der Waals surface area contributed by atoms with E-state index >= 15 is 0 Å². The topological polar surface area (TPSA) is 60.4 Å². The zero-order chi connectivity index (χ0) is 19.5. The van der Waals surface area contributed by atoms with E-state index in [-0.39, 0.29) is 24.2 Å². The number of hydrogen-bond acceptors (Lipinski definition) is 4. The lowest BCUT2D eigenvalue weighted by Crippen LogP contribution is -2.29. The van der Waals surface area contributed by atoms with E-state index in [0.717, 1.165) is 24.3 Å². The van der Waals surface area contributed by atoms with E-state index < -0.39 is 53.9 Å². The zero-order valence-corrected chi connectivity index (χ0v) is 13.9. The Morgan fingerprint density at radius 1 is 1.15 bits per heavy atom. The van der Waals surface area contributed by atoms with Gasteiger partial charge in [-0.15, -0.1) is 0 Å². The third-order valence-electron chi connectivity index (χ3n) is 3.88. The van der Waals surface area contributed by atoms with Crippen molar-refractivity contribution in [2.24, 2.45) is 5.92 Å². The Labute approximate surface area is 146 Å². The predicted molar refractivity (Wildman–Crippen MR) is 83.0 cm³/mol. The molecular weight excluding hydrogens is 356 g/mol. The molecule has 0 saturated heterocycles. The van der Waals surface area contributed by atoms with Crippen LogP contribution >= 0.6 is 0 Å². The molecule has 0 heterocycles. The summed E-state index contributed by atoms with van der Waals surface area (Å²) >= 11 is 0. The first-order chi connectivity index (χ1) is 12.1. The van der Waals surface area contributed by atoms with Gasteiger partial charge >= 0.3 is 12.1 Å². The lowest BCUT2D eigenvalue weighted by atomic mass is 9.84. The molecule has 1 unspecified atom stereocenters. The lowest BCUT2D eigenvalue weighted by Gasteiger charge is -2.20. The number of esters is 1. The maximum atomic E-state index is 14.3. The Morgan fingerprint density at radius 3 is 2.27 bits per heavy atom. The fraction of sp³-hybridized carbons (Fsp3) is 0.389. The van der Waals surface area contributed by atoms with Crippen LogP contribution in [0, 0.1) is 5.92 Å². The normalized spacial score (nSPS) is 18.0. The maximum absolute atomic E-state index is 14.3. The van der Waals surface area contributed by atoms with E-state index in [1.54, 1.807) is 6.92 Å². The zero-order valence-electron chi connectivity index (χ0n) is 13.9. The van der Waals surface area contributed by atoms with Crippen molar-refractivity contribution in [1.29, 1.82) is 0 Å². The first kappa shape index (κ1) is 19.8. The Bertz CT molecular complexity index is 747. The minimum atomic E-state index is -4.39. The van der Waals surface area contributed by atoms with E-state index in [2.05, 4.69) is 0 Å². The molecule has 1 aromatic carbocycles. The average molecular weight is 372 g/mol. The Balaban J connectivity index is 2.19. The standard InChI is InChI=1S/C18H16F4O4/c1-2-26-17(25)12-7-13(19)15(14(23)8-12)16(24)11-5-3-10(4-6-11)9-18(20,21)22/h3-6,12H,2,7-9H2,1H3. The molecule has 0 N–H and O–H groups in total. The van der Waals surface area contributed by atoms with Gasteiger partial charge in [0.15, 0.2) is 11.6 Å². The van der Waals surface area contributed by atoms with Crippen LogP contribution in [-0.4, -0.2) is 30.3 Å². The van der Waals surface area contributed by atoms with Gasteiger partial charge in [-0.05, 0) is 12.5 Å². The summed E-state index contributed by atoms with van der Waals surface area (Å²) in [4.78, 5) is 36.1. The molecule has 1 aliphatic carbocycles. The number of hydrogen-bond donors (Lipinski definition) is 0. The molecule has 0 saturated carbocycles. The van der Waals surface area contributed by atoms with Crippen molar-refractivity contribution in [3.05, 3.63) is 46.8 Å². The number of halogens is 4. The highest BCUT2D eigenvalue weighted by Gasteiger charge is 2.36. The molecule has 0 bridgehead atoms. The summed E-state index contributed by atoms with van der Waals surface area (Å²) in [5.41, 5.74) is -0.807. The number of alkyl halides is 3. The average Bonchev–Trinajstić information content (AvgIpc) is 2.53. The molecule has 0 fully saturated rings. The van der Waals surface area contributed by atoms with Gasteiger partial charge < -0.3 is 4.74 Å². The third kappa shape index (κ3) is 4.77. The van der Waals surface area contributed by atoms with Gasteiger partial charge in [0, 0.05) is 18.4 Å². The van der Waals surface area contributed by atoms with Gasteiger partial charge in [-0.25, -0.2) is 4.39 Å². The molecule has 0 aromatic heterocycles. The lowest BCUT2D eigenvalue weighted by molar-refractivity contribution is -0.149. The molecule has 1 aromatic rings. The van der Waals surface area contributed by atoms with Crippen LogP contribution in [0.3, 0.4) is 0 Å². The van der Waals surface area contributed by atoms with Crippen LogP contribution in [0.1, 0.15) is 35.7 Å². The van der Waals surface area contributed by atoms with Crippen molar-refractivity contribution in [1.82, 2.24) is 0 Å². The van der Waals surface area contributed by atoms with Gasteiger partial charge in [0.2, 0.25) is 0 Å². The van der Waals surface area contributed by atoms with Gasteiger partial charge in [-0.1, -0.05) is 24.3 Å². The maximum Gasteiger partial charge on any atom is 0.393 e. The van der Waals surface area contributed by atoms with Crippen LogP contribution in [0.2, 0.25) is 0 Å². The van der Waals surface area contributed by atoms with Crippen LogP contribution in [0.25, 0.3) is 0 Å². The predicted octanol–water partition coefficient (Wildman–Crippen LogP) is 3.74. The first-order valence-electron chi connectivity index (χ1n) is 7.91. The first-order valence-corrected chi connectivity index (χ1v) is 7.91. The van der Waals surface area contributed by atoms with Crippen LogP contribution in [-0.2, 0) is 20.7 Å². The van der Waals surface area contributed by atoms with Gasteiger partial charge in [-0.2, -0.15) is 13.2 Å². The van der Waals surface area contributed by atoms with Gasteiger partial charge in [0.05, 0.1) is 24.5 Å². The van der Waals surface area contributed by atoms with E-state index in [0.29, 0.717) is 0 Å². The summed E-state index contributed by atoms with van der Waals surface area (Å²) in [6.07, 6.45) is -6.31. The molecule has 26 heavy (non-hydrogen) atoms. The second kappa shape index (κ2) is 7.80. The highest BCUT2D eigenvalue weighted by Crippen LogP contribution is 2.31. The van der Waals surface area contributed by atoms with Gasteiger partial charge in [0.25, 0.3) is 0 Å². The van der Waals surface area contributed by atoms with Gasteiger partial charge in [0.1, 0.15) is 5.83 Å². The summed E-state index contributed by atoms with van der Waals surface area (Å²) in [6, 6.07) is 4.45. The molecule has 0 spiro atoms. The van der Waals surface area contributed by atoms with E-state index in [1.807, 2.05) is 0 Å². The van der Waals surface area contributed by atoms with Crippen molar-refractivity contribution >= 4 is 17.5 Å². The smallest absolute Gasteiger partial charge is 0.393 e. The second-order valence-corrected chi connectivity index (χ2v) is 5.88. The number of carbonyl (C=O) groups excluding carboxylic acids is 3. The Morgan fingerprint density at radius 2 is 1.77 bits per heavy atom. The summed E-state index contributed by atoms with van der Waals surface area (Å²) in [7, 11) is 0. The van der Waals surface area contributed by atoms with Crippen molar-refractivity contribution in [2.75, 3.05) is 6.61 Å². The molecular formula is C18H16F4O4. The van der Waals surface area contributed by atoms with Crippen LogP contribution in [0.15, 0.2) is 35.7 Å². The molecule has 2 rings (SSSR count). The minimum absolute atomic E-state index is 0.0548.